The lowest BCUT2D eigenvalue weighted by molar-refractivity contribution is -0.115. The Morgan fingerprint density at radius 3 is 1.91 bits per heavy atom. The molecule has 0 radical (unpaired) electrons. The number of halogens is 2. The van der Waals surface area contributed by atoms with E-state index in [0.717, 1.165) is 21.9 Å². The molecule has 0 amide bonds. The Kier molecular flexibility index (Phi) is 4.78. The van der Waals surface area contributed by atoms with Gasteiger partial charge in [0, 0.05) is 11.1 Å². The van der Waals surface area contributed by atoms with Crippen LogP contribution in [0.3, 0.4) is 0 Å². The summed E-state index contributed by atoms with van der Waals surface area (Å²) in [5.74, 6) is 3.10. The molecule has 1 aromatic carbocycles. The zero-order valence-corrected chi connectivity index (χ0v) is 18.0. The molecule has 0 N–H and O–H groups in total. The van der Waals surface area contributed by atoms with E-state index in [4.69, 9.17) is 23.2 Å². The first-order chi connectivity index (χ1) is 10.3. The van der Waals surface area contributed by atoms with Crippen LogP contribution in [0.1, 0.15) is 11.1 Å². The van der Waals surface area contributed by atoms with Crippen LogP contribution in [-0.4, -0.2) is 26.3 Å². The van der Waals surface area contributed by atoms with Crippen LogP contribution >= 0.6 is 23.2 Å². The molecular formula is C18H22Cl2OSi2. The number of benzene rings is 1. The van der Waals surface area contributed by atoms with Gasteiger partial charge in [-0.25, -0.2) is 0 Å². The quantitative estimate of drug-likeness (QED) is 0.386. The van der Waals surface area contributed by atoms with Crippen LogP contribution in [-0.2, 0) is 4.79 Å². The van der Waals surface area contributed by atoms with Crippen molar-refractivity contribution in [2.75, 3.05) is 0 Å². The highest BCUT2D eigenvalue weighted by Crippen LogP contribution is 2.52. The van der Waals surface area contributed by atoms with Crippen molar-refractivity contribution < 1.29 is 4.79 Å². The number of carbonyl (C=O) groups is 1. The van der Waals surface area contributed by atoms with Crippen molar-refractivity contribution in [3.8, 4) is 11.5 Å². The Morgan fingerprint density at radius 2 is 1.48 bits per heavy atom. The van der Waals surface area contributed by atoms with Crippen LogP contribution in [0.5, 0.6) is 0 Å². The predicted molar refractivity (Wildman–Crippen MR) is 106 cm³/mol. The Morgan fingerprint density at radius 1 is 0.957 bits per heavy atom. The fraction of sp³-hybridized carbons (Fsp3) is 0.389. The maximum Gasteiger partial charge on any atom is 0.205 e. The second kappa shape index (κ2) is 5.93. The van der Waals surface area contributed by atoms with E-state index < -0.39 is 20.5 Å². The molecule has 1 aliphatic carbocycles. The average molecular weight is 381 g/mol. The van der Waals surface area contributed by atoms with Crippen molar-refractivity contribution in [1.29, 1.82) is 0 Å². The largest absolute Gasteiger partial charge is 0.291 e. The second-order valence-electron chi connectivity index (χ2n) is 7.98. The molecule has 0 fully saturated rings. The Balaban J connectivity index is 2.44. The molecule has 23 heavy (non-hydrogen) atoms. The molecule has 0 saturated carbocycles. The minimum Gasteiger partial charge on any atom is -0.291 e. The van der Waals surface area contributed by atoms with E-state index in [-0.39, 0.29) is 5.78 Å². The number of carbonyl (C=O) groups excluding carboxylic acids is 1. The normalized spacial score (nSPS) is 17.5. The summed E-state index contributed by atoms with van der Waals surface area (Å²) < 4.78 is -1.40. The smallest absolute Gasteiger partial charge is 0.205 e. The number of hydrogen-bond donors (Lipinski definition) is 0. The van der Waals surface area contributed by atoms with Gasteiger partial charge in [-0.1, -0.05) is 80.5 Å². The van der Waals surface area contributed by atoms with Crippen molar-refractivity contribution >= 4 is 50.7 Å². The molecule has 0 aromatic heterocycles. The van der Waals surface area contributed by atoms with Gasteiger partial charge in [0.15, 0.2) is 5.78 Å². The average Bonchev–Trinajstić information content (AvgIpc) is 2.40. The summed E-state index contributed by atoms with van der Waals surface area (Å²) in [6.45, 7) is 13.1. The molecular weight excluding hydrogens is 359 g/mol. The highest BCUT2D eigenvalue weighted by atomic mass is 35.5. The lowest BCUT2D eigenvalue weighted by Gasteiger charge is -2.40. The topological polar surface area (TPSA) is 17.1 Å². The van der Waals surface area contributed by atoms with Crippen molar-refractivity contribution in [2.24, 2.45) is 0 Å². The summed E-state index contributed by atoms with van der Waals surface area (Å²) in [6, 6.07) is 7.89. The zero-order chi connectivity index (χ0) is 17.6. The molecule has 0 atom stereocenters. The zero-order valence-electron chi connectivity index (χ0n) is 14.5. The standard InChI is InChI=1S/C18H22Cl2OSi2/c1-22(2,3)12-11-13-7-9-14(10-8-13)15-16(23(4,5)6)17(21)18(15,19)20/h7-10H,1-6H3. The number of hydrogen-bond acceptors (Lipinski definition) is 1. The van der Waals surface area contributed by atoms with E-state index in [0.29, 0.717) is 0 Å². The maximum absolute atomic E-state index is 12.3. The first-order valence-corrected chi connectivity index (χ1v) is 15.4. The third-order valence-corrected chi connectivity index (χ3v) is 7.15. The summed E-state index contributed by atoms with van der Waals surface area (Å²) in [5, 5.41) is 0.850. The minimum absolute atomic E-state index is 0.127. The van der Waals surface area contributed by atoms with E-state index in [9.17, 15) is 4.79 Å². The molecule has 5 heteroatoms. The van der Waals surface area contributed by atoms with Gasteiger partial charge in [0.1, 0.15) is 8.07 Å². The summed E-state index contributed by atoms with van der Waals surface area (Å²) in [6.07, 6.45) is 0. The minimum atomic E-state index is -1.79. The molecule has 0 bridgehead atoms. The third-order valence-electron chi connectivity index (χ3n) is 3.58. The van der Waals surface area contributed by atoms with E-state index in [1.165, 1.54) is 0 Å². The Labute approximate surface area is 151 Å². The predicted octanol–water partition coefficient (Wildman–Crippen LogP) is 5.30. The van der Waals surface area contributed by atoms with Gasteiger partial charge >= 0.3 is 0 Å². The van der Waals surface area contributed by atoms with Crippen LogP contribution < -0.4 is 0 Å². The third kappa shape index (κ3) is 3.83. The molecule has 122 valence electrons. The second-order valence-corrected chi connectivity index (χ2v) is 19.1. The van der Waals surface area contributed by atoms with Gasteiger partial charge < -0.3 is 0 Å². The lowest BCUT2D eigenvalue weighted by atomic mass is 9.88. The number of ketones is 1. The van der Waals surface area contributed by atoms with Crippen molar-refractivity contribution in [3.63, 3.8) is 0 Å². The van der Waals surface area contributed by atoms with E-state index in [2.05, 4.69) is 50.7 Å². The fourth-order valence-electron chi connectivity index (χ4n) is 2.50. The van der Waals surface area contributed by atoms with Crippen LogP contribution in [0.2, 0.25) is 39.3 Å². The molecule has 0 saturated heterocycles. The van der Waals surface area contributed by atoms with Gasteiger partial charge in [0.25, 0.3) is 0 Å². The van der Waals surface area contributed by atoms with Crippen LogP contribution in [0, 0.1) is 11.5 Å². The van der Waals surface area contributed by atoms with Gasteiger partial charge in [-0.3, -0.25) is 4.79 Å². The van der Waals surface area contributed by atoms with Crippen molar-refractivity contribution in [1.82, 2.24) is 0 Å². The van der Waals surface area contributed by atoms with Crippen molar-refractivity contribution in [3.05, 3.63) is 40.6 Å². The van der Waals surface area contributed by atoms with Gasteiger partial charge in [-0.2, -0.15) is 0 Å². The van der Waals surface area contributed by atoms with Gasteiger partial charge in [-0.15, -0.1) is 5.54 Å². The van der Waals surface area contributed by atoms with E-state index in [1.807, 2.05) is 24.3 Å². The van der Waals surface area contributed by atoms with Gasteiger partial charge in [0.05, 0.1) is 8.07 Å². The van der Waals surface area contributed by atoms with Crippen LogP contribution in [0.15, 0.2) is 29.5 Å². The number of allylic oxidation sites excluding steroid dienone is 2. The summed E-state index contributed by atoms with van der Waals surface area (Å²) in [5.41, 5.74) is 6.04. The first kappa shape index (κ1) is 18.5. The molecule has 0 unspecified atom stereocenters. The maximum atomic E-state index is 12.3. The van der Waals surface area contributed by atoms with Gasteiger partial charge in [-0.05, 0) is 22.9 Å². The first-order valence-electron chi connectivity index (χ1n) is 7.65. The fourth-order valence-corrected chi connectivity index (χ4v) is 5.88. The lowest BCUT2D eigenvalue weighted by Crippen LogP contribution is -2.49. The number of alkyl halides is 2. The van der Waals surface area contributed by atoms with Crippen molar-refractivity contribution in [2.45, 2.75) is 43.6 Å². The van der Waals surface area contributed by atoms with E-state index in [1.54, 1.807) is 0 Å². The summed E-state index contributed by atoms with van der Waals surface area (Å²) in [4.78, 5) is 12.3. The monoisotopic (exact) mass is 380 g/mol. The molecule has 1 aromatic rings. The summed E-state index contributed by atoms with van der Waals surface area (Å²) >= 11 is 12.5. The Hall–Kier alpha value is -0.796. The SMILES string of the molecule is C[Si](C)(C)C#Cc1ccc(C2=C([Si](C)(C)C)C(=O)C2(Cl)Cl)cc1. The molecule has 0 aliphatic heterocycles. The van der Waals surface area contributed by atoms with Crippen LogP contribution in [0.25, 0.3) is 5.57 Å². The Bertz CT molecular complexity index is 736. The van der Waals surface area contributed by atoms with Crippen LogP contribution in [0.4, 0.5) is 0 Å². The molecule has 1 nitrogen and oxygen atoms in total. The molecule has 1 aliphatic rings. The number of rotatable bonds is 2. The van der Waals surface area contributed by atoms with Gasteiger partial charge in [0.2, 0.25) is 4.33 Å². The number of Topliss-reactive ketones (excluding diaryl/α,β-unsaturated/α-hetero) is 1. The summed E-state index contributed by atoms with van der Waals surface area (Å²) in [7, 11) is -3.18. The molecule has 0 spiro atoms. The highest BCUT2D eigenvalue weighted by molar-refractivity contribution is 6.94. The van der Waals surface area contributed by atoms with E-state index >= 15 is 0 Å². The molecule has 0 heterocycles. The highest BCUT2D eigenvalue weighted by Gasteiger charge is 2.55. The molecule has 2 rings (SSSR count).